The fraction of sp³-hybridized carbons (Fsp3) is 0.462. The molecule has 24 heavy (non-hydrogen) atoms. The Morgan fingerprint density at radius 1 is 1.25 bits per heavy atom. The lowest BCUT2D eigenvalue weighted by molar-refractivity contribution is -0.150. The van der Waals surface area contributed by atoms with E-state index in [0.717, 1.165) is 33.7 Å². The molecule has 0 bridgehead atoms. The molecule has 4 amide bonds. The summed E-state index contributed by atoms with van der Waals surface area (Å²) in [6.45, 7) is -0.764. The maximum atomic E-state index is 12.1. The molecule has 130 valence electrons. The van der Waals surface area contributed by atoms with Crippen molar-refractivity contribution in [3.63, 3.8) is 0 Å². The number of aliphatic carboxylic acids is 1. The molecular formula is C13H15N3O7S. The van der Waals surface area contributed by atoms with Crippen LogP contribution in [0.2, 0.25) is 0 Å². The molecule has 2 aliphatic heterocycles. The van der Waals surface area contributed by atoms with Gasteiger partial charge in [-0.15, -0.1) is 11.8 Å². The van der Waals surface area contributed by atoms with E-state index in [0.29, 0.717) is 0 Å². The fourth-order valence-electron chi connectivity index (χ4n) is 1.99. The third kappa shape index (κ3) is 3.99. The Labute approximate surface area is 140 Å². The molecule has 0 saturated carbocycles. The molecule has 0 radical (unpaired) electrons. The van der Waals surface area contributed by atoms with Crippen LogP contribution in [0.4, 0.5) is 0 Å². The lowest BCUT2D eigenvalue weighted by Gasteiger charge is -2.18. The summed E-state index contributed by atoms with van der Waals surface area (Å²) in [6.07, 6.45) is 2.11. The number of ether oxygens (including phenoxy) is 1. The number of carbonyl (C=O) groups is 5. The number of hydrogen-bond acceptors (Lipinski definition) is 8. The molecule has 3 N–H and O–H groups in total. The van der Waals surface area contributed by atoms with E-state index < -0.39 is 47.6 Å². The van der Waals surface area contributed by atoms with Crippen LogP contribution in [0.5, 0.6) is 0 Å². The van der Waals surface area contributed by atoms with Crippen molar-refractivity contribution in [3.8, 4) is 0 Å². The number of carboxylic acid groups (broad SMARTS) is 1. The van der Waals surface area contributed by atoms with E-state index in [4.69, 9.17) is 15.6 Å². The smallest absolute Gasteiger partial charge is 0.321 e. The Morgan fingerprint density at radius 3 is 2.42 bits per heavy atom. The predicted octanol–water partition coefficient (Wildman–Crippen LogP) is -1.88. The molecule has 1 saturated heterocycles. The molecule has 11 heteroatoms. The topological polar surface area (TPSA) is 147 Å². The Morgan fingerprint density at radius 2 is 1.83 bits per heavy atom. The molecular weight excluding hydrogens is 342 g/mol. The number of thioether (sulfide) groups is 1. The molecule has 1 fully saturated rings. The first-order valence-corrected chi connectivity index (χ1v) is 7.91. The predicted molar refractivity (Wildman–Crippen MR) is 80.1 cm³/mol. The molecule has 0 spiro atoms. The van der Waals surface area contributed by atoms with Crippen LogP contribution in [0.3, 0.4) is 0 Å². The van der Waals surface area contributed by atoms with E-state index in [9.17, 15) is 24.0 Å². The molecule has 2 rings (SSSR count). The maximum Gasteiger partial charge on any atom is 0.321 e. The highest BCUT2D eigenvalue weighted by molar-refractivity contribution is 8.00. The molecule has 0 aromatic heterocycles. The van der Waals surface area contributed by atoms with E-state index in [1.54, 1.807) is 0 Å². The highest BCUT2D eigenvalue weighted by Crippen LogP contribution is 2.25. The van der Waals surface area contributed by atoms with Gasteiger partial charge in [0.15, 0.2) is 0 Å². The van der Waals surface area contributed by atoms with Crippen LogP contribution in [0.25, 0.3) is 0 Å². The third-order valence-corrected chi connectivity index (χ3v) is 4.66. The summed E-state index contributed by atoms with van der Waals surface area (Å²) in [7, 11) is 0. The van der Waals surface area contributed by atoms with Gasteiger partial charge in [0.1, 0.15) is 19.5 Å². The van der Waals surface area contributed by atoms with Gasteiger partial charge in [0.05, 0.1) is 5.25 Å². The summed E-state index contributed by atoms with van der Waals surface area (Å²) in [4.78, 5) is 58.9. The normalized spacial score (nSPS) is 22.0. The van der Waals surface area contributed by atoms with Gasteiger partial charge in [-0.1, -0.05) is 0 Å². The van der Waals surface area contributed by atoms with Gasteiger partial charge in [0, 0.05) is 24.3 Å². The zero-order chi connectivity index (χ0) is 17.9. The SMILES string of the molecule is N[C@@H](CSC1CC(=O)N(COCN2C(=O)C=CC2=O)C1=O)C(=O)O. The quantitative estimate of drug-likeness (QED) is 0.476. The van der Waals surface area contributed by atoms with Gasteiger partial charge in [-0.2, -0.15) is 0 Å². The van der Waals surface area contributed by atoms with Gasteiger partial charge >= 0.3 is 5.97 Å². The number of likely N-dealkylation sites (tertiary alicyclic amines) is 1. The molecule has 0 aromatic rings. The Bertz CT molecular complexity index is 603. The Kier molecular flexibility index (Phi) is 5.70. The Hall–Kier alpha value is -2.24. The van der Waals surface area contributed by atoms with E-state index in [2.05, 4.69) is 0 Å². The highest BCUT2D eigenvalue weighted by atomic mass is 32.2. The van der Waals surface area contributed by atoms with Crippen molar-refractivity contribution < 1.29 is 33.8 Å². The van der Waals surface area contributed by atoms with Crippen LogP contribution in [0.1, 0.15) is 6.42 Å². The standard InChI is InChI=1S/C13H15N3O7S/c14-7(13(21)22)4-24-8-3-11(19)16(12(8)20)6-23-5-15-9(17)1-2-10(15)18/h1-2,7-8H,3-6,14H2,(H,21,22)/t7-,8?/m0/s1. The number of nitrogens with zero attached hydrogens (tertiary/aromatic N) is 2. The van der Waals surface area contributed by atoms with Crippen LogP contribution in [-0.2, 0) is 28.7 Å². The lowest BCUT2D eigenvalue weighted by atomic mass is 10.3. The van der Waals surface area contributed by atoms with Gasteiger partial charge in [0.2, 0.25) is 11.8 Å². The van der Waals surface area contributed by atoms with Crippen molar-refractivity contribution in [2.75, 3.05) is 19.2 Å². The van der Waals surface area contributed by atoms with Crippen LogP contribution >= 0.6 is 11.8 Å². The number of carboxylic acids is 1. The molecule has 2 atom stereocenters. The van der Waals surface area contributed by atoms with E-state index in [1.807, 2.05) is 0 Å². The molecule has 2 heterocycles. The van der Waals surface area contributed by atoms with Crippen molar-refractivity contribution >= 4 is 41.4 Å². The number of hydrogen-bond donors (Lipinski definition) is 2. The van der Waals surface area contributed by atoms with E-state index in [-0.39, 0.29) is 18.9 Å². The zero-order valence-electron chi connectivity index (χ0n) is 12.4. The average molecular weight is 357 g/mol. The minimum atomic E-state index is -1.19. The second-order valence-electron chi connectivity index (χ2n) is 5.03. The van der Waals surface area contributed by atoms with Crippen molar-refractivity contribution in [1.29, 1.82) is 0 Å². The number of rotatable bonds is 8. The van der Waals surface area contributed by atoms with Gasteiger partial charge in [0.25, 0.3) is 11.8 Å². The van der Waals surface area contributed by atoms with Crippen molar-refractivity contribution in [3.05, 3.63) is 12.2 Å². The number of imide groups is 2. The number of nitrogens with two attached hydrogens (primary N) is 1. The zero-order valence-corrected chi connectivity index (χ0v) is 13.2. The fourth-order valence-corrected chi connectivity index (χ4v) is 3.10. The maximum absolute atomic E-state index is 12.1. The first-order valence-electron chi connectivity index (χ1n) is 6.86. The monoisotopic (exact) mass is 357 g/mol. The minimum Gasteiger partial charge on any atom is -0.480 e. The summed E-state index contributed by atoms with van der Waals surface area (Å²) in [6, 6.07) is -1.12. The number of amides is 4. The first-order chi connectivity index (χ1) is 11.3. The summed E-state index contributed by atoms with van der Waals surface area (Å²) in [5.74, 6) is -3.24. The summed E-state index contributed by atoms with van der Waals surface area (Å²) < 4.78 is 5.10. The van der Waals surface area contributed by atoms with Crippen molar-refractivity contribution in [2.45, 2.75) is 17.7 Å². The average Bonchev–Trinajstić information content (AvgIpc) is 2.98. The molecule has 0 aromatic carbocycles. The lowest BCUT2D eigenvalue weighted by Crippen LogP contribution is -2.38. The van der Waals surface area contributed by atoms with Gasteiger partial charge in [-0.05, 0) is 0 Å². The highest BCUT2D eigenvalue weighted by Gasteiger charge is 2.39. The van der Waals surface area contributed by atoms with E-state index in [1.165, 1.54) is 0 Å². The van der Waals surface area contributed by atoms with Crippen LogP contribution in [0.15, 0.2) is 12.2 Å². The van der Waals surface area contributed by atoms with Crippen molar-refractivity contribution in [2.24, 2.45) is 5.73 Å². The van der Waals surface area contributed by atoms with Crippen LogP contribution in [0, 0.1) is 0 Å². The summed E-state index contributed by atoms with van der Waals surface area (Å²) in [5.41, 5.74) is 5.36. The summed E-state index contributed by atoms with van der Waals surface area (Å²) >= 11 is 0.994. The number of carbonyl (C=O) groups excluding carboxylic acids is 4. The van der Waals surface area contributed by atoms with Gasteiger partial charge in [-0.25, -0.2) is 0 Å². The molecule has 1 unspecified atom stereocenters. The second-order valence-corrected chi connectivity index (χ2v) is 6.27. The van der Waals surface area contributed by atoms with Crippen LogP contribution < -0.4 is 5.73 Å². The Balaban J connectivity index is 1.80. The van der Waals surface area contributed by atoms with Crippen molar-refractivity contribution in [1.82, 2.24) is 9.80 Å². The van der Waals surface area contributed by atoms with Gasteiger partial charge < -0.3 is 15.6 Å². The molecule has 2 aliphatic rings. The van der Waals surface area contributed by atoms with Crippen LogP contribution in [-0.4, -0.2) is 75.0 Å². The van der Waals surface area contributed by atoms with E-state index >= 15 is 0 Å². The minimum absolute atomic E-state index is 0.00380. The summed E-state index contributed by atoms with van der Waals surface area (Å²) in [5, 5.41) is 7.98. The molecule has 10 nitrogen and oxygen atoms in total. The first kappa shape index (κ1) is 18.1. The third-order valence-electron chi connectivity index (χ3n) is 3.34. The molecule has 0 aliphatic carbocycles. The second kappa shape index (κ2) is 7.55. The largest absolute Gasteiger partial charge is 0.480 e. The van der Waals surface area contributed by atoms with Gasteiger partial charge in [-0.3, -0.25) is 33.8 Å².